The molecular formula is C26H32N4O3. The Bertz CT molecular complexity index is 1060. The van der Waals surface area contributed by atoms with Gasteiger partial charge in [-0.15, -0.1) is 0 Å². The average molecular weight is 449 g/mol. The second kappa shape index (κ2) is 9.06. The van der Waals surface area contributed by atoms with E-state index in [1.165, 1.54) is 18.4 Å². The van der Waals surface area contributed by atoms with E-state index in [0.29, 0.717) is 36.2 Å². The van der Waals surface area contributed by atoms with Gasteiger partial charge in [-0.25, -0.2) is 0 Å². The highest BCUT2D eigenvalue weighted by molar-refractivity contribution is 6.05. The molecule has 7 nitrogen and oxygen atoms in total. The van der Waals surface area contributed by atoms with E-state index in [2.05, 4.69) is 34.9 Å². The molecule has 2 aromatic carbocycles. The number of para-hydroxylation sites is 2. The Labute approximate surface area is 195 Å². The van der Waals surface area contributed by atoms with Gasteiger partial charge in [0.05, 0.1) is 31.4 Å². The molecular weight excluding hydrogens is 416 g/mol. The summed E-state index contributed by atoms with van der Waals surface area (Å²) in [6.07, 6.45) is 5.54. The number of hydrogen-bond acceptors (Lipinski definition) is 5. The summed E-state index contributed by atoms with van der Waals surface area (Å²) < 4.78 is 10.9. The number of nitrogens with zero attached hydrogens (tertiary/aromatic N) is 2. The highest BCUT2D eigenvalue weighted by Gasteiger charge is 2.46. The van der Waals surface area contributed by atoms with Crippen LogP contribution in [0.2, 0.25) is 0 Å². The van der Waals surface area contributed by atoms with Gasteiger partial charge in [-0.3, -0.25) is 15.1 Å². The van der Waals surface area contributed by atoms with Crippen LogP contribution in [-0.4, -0.2) is 55.5 Å². The quantitative estimate of drug-likeness (QED) is 0.743. The number of amidine groups is 1. The highest BCUT2D eigenvalue weighted by Crippen LogP contribution is 2.35. The van der Waals surface area contributed by atoms with Gasteiger partial charge in [0.25, 0.3) is 5.91 Å². The van der Waals surface area contributed by atoms with Crippen LogP contribution >= 0.6 is 0 Å². The molecule has 2 fully saturated rings. The van der Waals surface area contributed by atoms with E-state index in [4.69, 9.17) is 14.5 Å². The molecule has 33 heavy (non-hydrogen) atoms. The molecule has 2 heterocycles. The minimum atomic E-state index is -0.399. The monoisotopic (exact) mass is 448 g/mol. The first-order chi connectivity index (χ1) is 16.1. The van der Waals surface area contributed by atoms with Crippen LogP contribution in [0, 0.1) is 0 Å². The first kappa shape index (κ1) is 21.8. The molecule has 2 aliphatic heterocycles. The van der Waals surface area contributed by atoms with Crippen molar-refractivity contribution in [2.75, 3.05) is 32.6 Å². The van der Waals surface area contributed by atoms with Gasteiger partial charge in [-0.2, -0.15) is 0 Å². The maximum absolute atomic E-state index is 13.6. The number of likely N-dealkylation sites (tertiary alicyclic amines) is 1. The number of nitrogens with one attached hydrogen (secondary N) is 2. The molecule has 1 atom stereocenters. The van der Waals surface area contributed by atoms with Crippen LogP contribution in [0.5, 0.6) is 11.5 Å². The Morgan fingerprint density at radius 2 is 1.91 bits per heavy atom. The average Bonchev–Trinajstić information content (AvgIpc) is 3.49. The summed E-state index contributed by atoms with van der Waals surface area (Å²) in [5.74, 6) is 1.95. The molecule has 1 amide bonds. The molecule has 0 aromatic heterocycles. The van der Waals surface area contributed by atoms with Gasteiger partial charge < -0.3 is 19.7 Å². The lowest BCUT2D eigenvalue weighted by atomic mass is 9.96. The van der Waals surface area contributed by atoms with Crippen molar-refractivity contribution >= 4 is 17.4 Å². The normalized spacial score (nSPS) is 23.9. The van der Waals surface area contributed by atoms with Crippen LogP contribution < -0.4 is 20.1 Å². The number of benzene rings is 2. The number of hydrogen-bond donors (Lipinski definition) is 2. The van der Waals surface area contributed by atoms with Crippen molar-refractivity contribution in [2.45, 2.75) is 50.2 Å². The van der Waals surface area contributed by atoms with Crippen LogP contribution in [0.1, 0.15) is 48.0 Å². The van der Waals surface area contributed by atoms with Crippen LogP contribution in [0.25, 0.3) is 0 Å². The molecule has 0 radical (unpaired) electrons. The number of methoxy groups -OCH3 is 2. The molecule has 1 unspecified atom stereocenters. The summed E-state index contributed by atoms with van der Waals surface area (Å²) in [7, 11) is 3.15. The third kappa shape index (κ3) is 4.06. The summed E-state index contributed by atoms with van der Waals surface area (Å²) in [6.45, 7) is 1.93. The summed E-state index contributed by atoms with van der Waals surface area (Å²) in [6, 6.07) is 14.2. The fourth-order valence-electron chi connectivity index (χ4n) is 5.31. The first-order valence-electron chi connectivity index (χ1n) is 11.8. The minimum absolute atomic E-state index is 0.0496. The van der Waals surface area contributed by atoms with Gasteiger partial charge in [0.1, 0.15) is 5.84 Å². The number of fused-ring (bicyclic) bond motifs is 1. The Morgan fingerprint density at radius 3 is 2.70 bits per heavy atom. The maximum Gasteiger partial charge on any atom is 0.257 e. The number of ether oxygens (including phenoxy) is 2. The van der Waals surface area contributed by atoms with E-state index in [9.17, 15) is 4.79 Å². The number of amides is 1. The largest absolute Gasteiger partial charge is 0.493 e. The molecule has 7 heteroatoms. The SMILES string of the molecule is COc1cccc(C(=O)N2CCC3(C2)NCc2ccccc2NC3=NC2CCCC2)c1OC. The minimum Gasteiger partial charge on any atom is -0.493 e. The van der Waals surface area contributed by atoms with E-state index in [1.807, 2.05) is 11.0 Å². The van der Waals surface area contributed by atoms with Crippen LogP contribution in [0.4, 0.5) is 5.69 Å². The predicted octanol–water partition coefficient (Wildman–Crippen LogP) is 3.84. The zero-order chi connectivity index (χ0) is 22.8. The number of anilines is 1. The van der Waals surface area contributed by atoms with E-state index in [-0.39, 0.29) is 5.91 Å². The summed E-state index contributed by atoms with van der Waals surface area (Å²) in [5, 5.41) is 7.45. The van der Waals surface area contributed by atoms with Gasteiger partial charge in [-0.1, -0.05) is 37.1 Å². The third-order valence-electron chi connectivity index (χ3n) is 7.17. The summed E-state index contributed by atoms with van der Waals surface area (Å²) in [4.78, 5) is 20.7. The molecule has 174 valence electrons. The third-order valence-corrected chi connectivity index (χ3v) is 7.17. The van der Waals surface area contributed by atoms with Crippen molar-refractivity contribution in [3.05, 3.63) is 53.6 Å². The Balaban J connectivity index is 1.46. The molecule has 1 spiro atoms. The van der Waals surface area contributed by atoms with E-state index >= 15 is 0 Å². The van der Waals surface area contributed by atoms with Crippen LogP contribution in [0.3, 0.4) is 0 Å². The fraction of sp³-hybridized carbons (Fsp3) is 0.462. The van der Waals surface area contributed by atoms with Crippen molar-refractivity contribution in [1.29, 1.82) is 0 Å². The van der Waals surface area contributed by atoms with Crippen molar-refractivity contribution in [1.82, 2.24) is 10.2 Å². The van der Waals surface area contributed by atoms with E-state index in [0.717, 1.165) is 37.3 Å². The van der Waals surface area contributed by atoms with Crippen LogP contribution in [0.15, 0.2) is 47.5 Å². The van der Waals surface area contributed by atoms with Gasteiger partial charge in [0.15, 0.2) is 11.5 Å². The predicted molar refractivity (Wildman–Crippen MR) is 129 cm³/mol. The number of carbonyl (C=O) groups is 1. The lowest BCUT2D eigenvalue weighted by molar-refractivity contribution is 0.0781. The lowest BCUT2D eigenvalue weighted by Crippen LogP contribution is -2.55. The van der Waals surface area contributed by atoms with Crippen LogP contribution in [-0.2, 0) is 6.54 Å². The van der Waals surface area contributed by atoms with Crippen molar-refractivity contribution in [3.8, 4) is 11.5 Å². The molecule has 3 aliphatic rings. The Morgan fingerprint density at radius 1 is 1.09 bits per heavy atom. The van der Waals surface area contributed by atoms with Crippen molar-refractivity contribution in [2.24, 2.45) is 4.99 Å². The molecule has 1 saturated heterocycles. The highest BCUT2D eigenvalue weighted by atomic mass is 16.5. The van der Waals surface area contributed by atoms with Crippen molar-refractivity contribution in [3.63, 3.8) is 0 Å². The number of carbonyl (C=O) groups excluding carboxylic acids is 1. The second-order valence-electron chi connectivity index (χ2n) is 9.15. The van der Waals surface area contributed by atoms with Gasteiger partial charge in [0, 0.05) is 25.3 Å². The zero-order valence-corrected chi connectivity index (χ0v) is 19.4. The van der Waals surface area contributed by atoms with E-state index < -0.39 is 5.54 Å². The molecule has 5 rings (SSSR count). The Hall–Kier alpha value is -3.06. The lowest BCUT2D eigenvalue weighted by Gasteiger charge is -2.31. The van der Waals surface area contributed by atoms with Gasteiger partial charge >= 0.3 is 0 Å². The summed E-state index contributed by atoms with van der Waals surface area (Å²) in [5.41, 5.74) is 2.43. The van der Waals surface area contributed by atoms with E-state index in [1.54, 1.807) is 26.4 Å². The zero-order valence-electron chi connectivity index (χ0n) is 19.4. The first-order valence-corrected chi connectivity index (χ1v) is 11.8. The Kier molecular flexibility index (Phi) is 5.98. The standard InChI is InChI=1S/C26H32N4O3/c1-32-22-13-7-11-20(23(22)33-2)24(31)30-15-14-26(17-30)25(28-19-9-4-5-10-19)29-21-12-6-3-8-18(21)16-27-26/h3,6-8,11-13,19,27H,4-5,9-10,14-17H2,1-2H3,(H,28,29). The molecule has 2 aromatic rings. The molecule has 1 aliphatic carbocycles. The number of rotatable bonds is 4. The fourth-order valence-corrected chi connectivity index (χ4v) is 5.31. The second-order valence-corrected chi connectivity index (χ2v) is 9.15. The topological polar surface area (TPSA) is 75.2 Å². The van der Waals surface area contributed by atoms with Gasteiger partial charge in [-0.05, 0) is 43.0 Å². The molecule has 0 bridgehead atoms. The number of aliphatic imine (C=N–C) groups is 1. The van der Waals surface area contributed by atoms with Crippen molar-refractivity contribution < 1.29 is 14.3 Å². The maximum atomic E-state index is 13.6. The smallest absolute Gasteiger partial charge is 0.257 e. The summed E-state index contributed by atoms with van der Waals surface area (Å²) >= 11 is 0. The molecule has 1 saturated carbocycles. The molecule has 2 N–H and O–H groups in total. The van der Waals surface area contributed by atoms with Gasteiger partial charge in [0.2, 0.25) is 0 Å².